The molecule has 4 rings (SSSR count). The number of aromatic nitrogens is 2. The molecule has 0 radical (unpaired) electrons. The number of H-pyrrole nitrogens is 1. The zero-order valence-electron chi connectivity index (χ0n) is 19.6. The molecule has 2 aromatic carbocycles. The molecular weight excluding hydrogens is 439 g/mol. The minimum Gasteiger partial charge on any atom is -0.497 e. The highest BCUT2D eigenvalue weighted by atomic mass is 19.1. The van der Waals surface area contributed by atoms with Gasteiger partial charge >= 0.3 is 0 Å². The van der Waals surface area contributed by atoms with Crippen molar-refractivity contribution in [1.82, 2.24) is 15.1 Å². The van der Waals surface area contributed by atoms with Gasteiger partial charge in [-0.1, -0.05) is 0 Å². The van der Waals surface area contributed by atoms with E-state index < -0.39 is 11.7 Å². The predicted octanol–water partition coefficient (Wildman–Crippen LogP) is 3.74. The van der Waals surface area contributed by atoms with Gasteiger partial charge in [0.2, 0.25) is 5.91 Å². The fraction of sp³-hybridized carbons (Fsp3) is 0.360. The minimum absolute atomic E-state index is 0.236. The number of anilines is 1. The Morgan fingerprint density at radius 2 is 2.18 bits per heavy atom. The van der Waals surface area contributed by atoms with Crippen LogP contribution in [0.1, 0.15) is 12.0 Å². The molecule has 0 fully saturated rings. The summed E-state index contributed by atoms with van der Waals surface area (Å²) in [7, 11) is 5.57. The van der Waals surface area contributed by atoms with Gasteiger partial charge < -0.3 is 24.4 Å². The van der Waals surface area contributed by atoms with Gasteiger partial charge in [-0.15, -0.1) is 0 Å². The number of aromatic amines is 1. The molecule has 34 heavy (non-hydrogen) atoms. The molecule has 1 aliphatic heterocycles. The zero-order chi connectivity index (χ0) is 24.1. The number of nitrogens with one attached hydrogen (secondary N) is 2. The molecule has 2 N–H and O–H groups in total. The maximum absolute atomic E-state index is 15.0. The Kier molecular flexibility index (Phi) is 7.32. The lowest BCUT2D eigenvalue weighted by atomic mass is 9.95. The second-order valence-corrected chi connectivity index (χ2v) is 8.50. The summed E-state index contributed by atoms with van der Waals surface area (Å²) >= 11 is 0. The Morgan fingerprint density at radius 1 is 1.32 bits per heavy atom. The Morgan fingerprint density at radius 3 is 2.91 bits per heavy atom. The van der Waals surface area contributed by atoms with Crippen molar-refractivity contribution in [3.63, 3.8) is 0 Å². The molecule has 0 unspecified atom stereocenters. The van der Waals surface area contributed by atoms with E-state index in [1.54, 1.807) is 19.4 Å². The summed E-state index contributed by atoms with van der Waals surface area (Å²) in [6.07, 6.45) is 4.43. The van der Waals surface area contributed by atoms with Crippen LogP contribution in [0, 0.1) is 11.7 Å². The van der Waals surface area contributed by atoms with Crippen LogP contribution in [-0.2, 0) is 11.2 Å². The first-order valence-electron chi connectivity index (χ1n) is 11.2. The average Bonchev–Trinajstić information content (AvgIpc) is 3.36. The van der Waals surface area contributed by atoms with Crippen molar-refractivity contribution >= 4 is 11.6 Å². The first-order valence-corrected chi connectivity index (χ1v) is 11.2. The number of hydrogen-bond donors (Lipinski definition) is 2. The number of carbonyl (C=O) groups is 1. The van der Waals surface area contributed by atoms with Gasteiger partial charge in [-0.2, -0.15) is 5.10 Å². The number of benzene rings is 2. The molecular formula is C25H29FN4O4. The number of rotatable bonds is 9. The van der Waals surface area contributed by atoms with Crippen molar-refractivity contribution in [1.29, 1.82) is 0 Å². The van der Waals surface area contributed by atoms with E-state index in [4.69, 9.17) is 14.2 Å². The van der Waals surface area contributed by atoms with Crippen LogP contribution >= 0.6 is 0 Å². The second-order valence-electron chi connectivity index (χ2n) is 8.50. The number of methoxy groups -OCH3 is 1. The SMILES string of the molecule is COc1ccc2c(c1)C[C@@H](C(=O)Nc1cc(F)c(-c3cn[nH]c3)cc1OCCCN(C)C)CO2. The lowest BCUT2D eigenvalue weighted by Crippen LogP contribution is -2.32. The molecule has 0 saturated carbocycles. The van der Waals surface area contributed by atoms with Crippen LogP contribution in [0.15, 0.2) is 42.7 Å². The van der Waals surface area contributed by atoms with Crippen molar-refractivity contribution < 1.29 is 23.4 Å². The van der Waals surface area contributed by atoms with Crippen LogP contribution in [0.25, 0.3) is 11.1 Å². The highest BCUT2D eigenvalue weighted by Gasteiger charge is 2.27. The third-order valence-corrected chi connectivity index (χ3v) is 5.69. The Balaban J connectivity index is 1.53. The van der Waals surface area contributed by atoms with Gasteiger partial charge in [0.05, 0.1) is 31.5 Å². The Labute approximate surface area is 198 Å². The molecule has 1 amide bonds. The molecule has 0 spiro atoms. The molecule has 1 aromatic heterocycles. The molecule has 3 aromatic rings. The van der Waals surface area contributed by atoms with E-state index in [0.29, 0.717) is 35.7 Å². The molecule has 0 saturated heterocycles. The standard InChI is InChI=1S/C25H29FN4O4/c1-30(2)7-4-8-33-24-11-20(18-13-27-28-14-18)21(26)12-22(24)29-25(31)17-9-16-10-19(32-3)5-6-23(16)34-15-17/h5-6,10-14,17H,4,7-9,15H2,1-3H3,(H,27,28)(H,29,31)/t17-/m1/s1. The van der Waals surface area contributed by atoms with Crippen molar-refractivity contribution in [2.45, 2.75) is 12.8 Å². The number of carbonyl (C=O) groups excluding carboxylic acids is 1. The number of nitrogens with zero attached hydrogens (tertiary/aromatic N) is 2. The summed E-state index contributed by atoms with van der Waals surface area (Å²) in [4.78, 5) is 15.2. The van der Waals surface area contributed by atoms with Crippen LogP contribution in [-0.4, -0.2) is 62.0 Å². The molecule has 180 valence electrons. The molecule has 9 heteroatoms. The van der Waals surface area contributed by atoms with E-state index in [1.807, 2.05) is 32.3 Å². The molecule has 0 aliphatic carbocycles. The van der Waals surface area contributed by atoms with Gasteiger partial charge in [0.15, 0.2) is 0 Å². The summed E-state index contributed by atoms with van der Waals surface area (Å²) in [6.45, 7) is 1.51. The van der Waals surface area contributed by atoms with Gasteiger partial charge in [-0.3, -0.25) is 9.89 Å². The van der Waals surface area contributed by atoms with Gasteiger partial charge in [-0.05, 0) is 56.8 Å². The second kappa shape index (κ2) is 10.6. The summed E-state index contributed by atoms with van der Waals surface area (Å²) < 4.78 is 32.0. The summed E-state index contributed by atoms with van der Waals surface area (Å²) in [5.74, 6) is 0.676. The molecule has 0 bridgehead atoms. The van der Waals surface area contributed by atoms with Gasteiger partial charge in [0, 0.05) is 29.9 Å². The van der Waals surface area contributed by atoms with Crippen LogP contribution in [0.4, 0.5) is 10.1 Å². The fourth-order valence-corrected chi connectivity index (χ4v) is 3.85. The normalized spacial score (nSPS) is 14.9. The number of ether oxygens (including phenoxy) is 3. The largest absolute Gasteiger partial charge is 0.497 e. The van der Waals surface area contributed by atoms with Crippen molar-refractivity contribution in [2.75, 3.05) is 46.3 Å². The van der Waals surface area contributed by atoms with Crippen molar-refractivity contribution in [3.05, 3.63) is 54.1 Å². The zero-order valence-corrected chi connectivity index (χ0v) is 19.6. The van der Waals surface area contributed by atoms with Crippen molar-refractivity contribution in [3.8, 4) is 28.4 Å². The fourth-order valence-electron chi connectivity index (χ4n) is 3.85. The van der Waals surface area contributed by atoms with Crippen LogP contribution in [0.5, 0.6) is 17.2 Å². The molecule has 8 nitrogen and oxygen atoms in total. The van der Waals surface area contributed by atoms with E-state index in [2.05, 4.69) is 20.4 Å². The maximum Gasteiger partial charge on any atom is 0.231 e. The Hall–Kier alpha value is -3.59. The first kappa shape index (κ1) is 23.6. The summed E-state index contributed by atoms with van der Waals surface area (Å²) in [5, 5.41) is 9.44. The minimum atomic E-state index is -0.479. The topological polar surface area (TPSA) is 88.7 Å². The van der Waals surface area contributed by atoms with E-state index >= 15 is 0 Å². The number of fused-ring (bicyclic) bond motifs is 1. The first-order chi connectivity index (χ1) is 16.4. The number of amides is 1. The van der Waals surface area contributed by atoms with Crippen LogP contribution in [0.3, 0.4) is 0 Å². The number of hydrogen-bond acceptors (Lipinski definition) is 6. The third-order valence-electron chi connectivity index (χ3n) is 5.69. The van der Waals surface area contributed by atoms with Crippen LogP contribution < -0.4 is 19.5 Å². The third kappa shape index (κ3) is 5.48. The lowest BCUT2D eigenvalue weighted by Gasteiger charge is -2.25. The predicted molar refractivity (Wildman–Crippen MR) is 127 cm³/mol. The van der Waals surface area contributed by atoms with Crippen LogP contribution in [0.2, 0.25) is 0 Å². The quantitative estimate of drug-likeness (QED) is 0.465. The molecule has 2 heterocycles. The summed E-state index contributed by atoms with van der Waals surface area (Å²) in [5.41, 5.74) is 2.12. The van der Waals surface area contributed by atoms with Gasteiger partial charge in [-0.25, -0.2) is 4.39 Å². The molecule has 1 atom stereocenters. The lowest BCUT2D eigenvalue weighted by molar-refractivity contribution is -0.121. The smallest absolute Gasteiger partial charge is 0.231 e. The maximum atomic E-state index is 15.0. The molecule has 1 aliphatic rings. The summed E-state index contributed by atoms with van der Waals surface area (Å²) in [6, 6.07) is 8.42. The van der Waals surface area contributed by atoms with E-state index in [9.17, 15) is 9.18 Å². The van der Waals surface area contributed by atoms with Crippen molar-refractivity contribution in [2.24, 2.45) is 5.92 Å². The van der Waals surface area contributed by atoms with E-state index in [0.717, 1.165) is 24.3 Å². The van der Waals surface area contributed by atoms with Gasteiger partial charge in [0.1, 0.15) is 29.7 Å². The number of halogens is 1. The van der Waals surface area contributed by atoms with E-state index in [-0.39, 0.29) is 18.2 Å². The highest BCUT2D eigenvalue weighted by Crippen LogP contribution is 2.35. The highest BCUT2D eigenvalue weighted by molar-refractivity contribution is 5.95. The average molecular weight is 469 g/mol. The van der Waals surface area contributed by atoms with E-state index in [1.165, 1.54) is 12.3 Å². The monoisotopic (exact) mass is 468 g/mol. The van der Waals surface area contributed by atoms with Gasteiger partial charge in [0.25, 0.3) is 0 Å². The Bertz CT molecular complexity index is 1130.